The van der Waals surface area contributed by atoms with Crippen LogP contribution in [0.3, 0.4) is 0 Å². The number of aromatic nitrogens is 1. The molecule has 1 aliphatic carbocycles. The number of aromatic carboxylic acids is 1. The molecule has 1 aliphatic rings. The number of hydrogen-bond donors (Lipinski definition) is 1. The minimum absolute atomic E-state index is 0.0658. The van der Waals surface area contributed by atoms with E-state index >= 15 is 0 Å². The Morgan fingerprint density at radius 2 is 1.79 bits per heavy atom. The van der Waals surface area contributed by atoms with Crippen LogP contribution in [0.1, 0.15) is 54.9 Å². The molecule has 34 heavy (non-hydrogen) atoms. The highest BCUT2D eigenvalue weighted by Gasteiger charge is 2.32. The van der Waals surface area contributed by atoms with Crippen molar-refractivity contribution in [1.29, 1.82) is 0 Å². The summed E-state index contributed by atoms with van der Waals surface area (Å²) in [4.78, 5) is 16.8. The van der Waals surface area contributed by atoms with Crippen molar-refractivity contribution in [2.75, 3.05) is 27.1 Å². The summed E-state index contributed by atoms with van der Waals surface area (Å²) in [6.07, 6.45) is 7.90. The van der Waals surface area contributed by atoms with Crippen molar-refractivity contribution in [2.45, 2.75) is 44.4 Å². The average Bonchev–Trinajstić information content (AvgIpc) is 3.35. The van der Waals surface area contributed by atoms with Crippen molar-refractivity contribution in [2.24, 2.45) is 0 Å². The van der Waals surface area contributed by atoms with Gasteiger partial charge in [-0.3, -0.25) is 0 Å². The van der Waals surface area contributed by atoms with Gasteiger partial charge in [-0.15, -0.1) is 11.3 Å². The van der Waals surface area contributed by atoms with E-state index in [0.29, 0.717) is 13.2 Å². The van der Waals surface area contributed by atoms with Gasteiger partial charge in [-0.2, -0.15) is 0 Å². The average molecular weight is 482 g/mol. The number of nitrogens with zero attached hydrogens (tertiary/aromatic N) is 1. The van der Waals surface area contributed by atoms with Gasteiger partial charge in [-0.05, 0) is 54.2 Å². The Kier molecular flexibility index (Phi) is 7.98. The van der Waals surface area contributed by atoms with E-state index in [2.05, 4.69) is 24.0 Å². The molecule has 0 radical (unpaired) electrons. The molecule has 0 spiro atoms. The van der Waals surface area contributed by atoms with Gasteiger partial charge in [-0.1, -0.05) is 38.3 Å². The topological polar surface area (TPSA) is 77.9 Å². The number of carbonyl (C=O) groups is 1. The molecule has 6 nitrogen and oxygen atoms in total. The van der Waals surface area contributed by atoms with Crippen molar-refractivity contribution in [3.8, 4) is 26.8 Å². The highest BCUT2D eigenvalue weighted by molar-refractivity contribution is 7.18. The largest absolute Gasteiger partial charge is 0.478 e. The van der Waals surface area contributed by atoms with Gasteiger partial charge in [0.1, 0.15) is 10.8 Å². The number of hydrogen-bond acceptors (Lipinski definition) is 6. The summed E-state index contributed by atoms with van der Waals surface area (Å²) in [5, 5.41) is 10.00. The van der Waals surface area contributed by atoms with E-state index in [4.69, 9.17) is 19.3 Å². The van der Waals surface area contributed by atoms with Crippen LogP contribution in [-0.4, -0.2) is 43.2 Å². The minimum Gasteiger partial charge on any atom is -0.478 e. The van der Waals surface area contributed by atoms with Crippen LogP contribution in [0.15, 0.2) is 48.7 Å². The Morgan fingerprint density at radius 3 is 2.50 bits per heavy atom. The van der Waals surface area contributed by atoms with Crippen LogP contribution >= 0.6 is 11.3 Å². The molecule has 1 saturated carbocycles. The summed E-state index contributed by atoms with van der Waals surface area (Å²) in [7, 11) is 1.65. The third-order valence-electron chi connectivity index (χ3n) is 6.49. The maximum atomic E-state index is 11.1. The standard InChI is InChI=1S/C27H31NO5S/c1-27(12-4-3-5-13-27)22-16-21(10-11-23(22)33-18-32-15-14-31-2)24-17-28-25(34-24)19-6-8-20(9-7-19)26(29)30/h6-11,16-17H,3-5,12-15,18H2,1-2H3,(H,29,30). The molecule has 1 heterocycles. The summed E-state index contributed by atoms with van der Waals surface area (Å²) in [5.74, 6) is -0.0546. The predicted molar refractivity (Wildman–Crippen MR) is 134 cm³/mol. The van der Waals surface area contributed by atoms with E-state index in [-0.39, 0.29) is 17.8 Å². The first kappa shape index (κ1) is 24.4. The molecule has 0 amide bonds. The molecule has 4 rings (SSSR count). The van der Waals surface area contributed by atoms with Crippen molar-refractivity contribution in [3.63, 3.8) is 0 Å². The van der Waals surface area contributed by atoms with Gasteiger partial charge in [0, 0.05) is 24.4 Å². The molecule has 0 unspecified atom stereocenters. The second kappa shape index (κ2) is 11.1. The van der Waals surface area contributed by atoms with Gasteiger partial charge in [0.2, 0.25) is 0 Å². The van der Waals surface area contributed by atoms with Gasteiger partial charge in [0.25, 0.3) is 0 Å². The van der Waals surface area contributed by atoms with E-state index < -0.39 is 5.97 Å². The van der Waals surface area contributed by atoms with Crippen LogP contribution < -0.4 is 4.74 Å². The van der Waals surface area contributed by atoms with E-state index in [1.54, 1.807) is 42.7 Å². The molecule has 0 atom stereocenters. The van der Waals surface area contributed by atoms with Crippen LogP contribution in [0.25, 0.3) is 21.0 Å². The second-order valence-corrected chi connectivity index (χ2v) is 9.94. The van der Waals surface area contributed by atoms with Gasteiger partial charge in [0.05, 0.1) is 23.7 Å². The van der Waals surface area contributed by atoms with Crippen molar-refractivity contribution in [1.82, 2.24) is 4.98 Å². The fourth-order valence-corrected chi connectivity index (χ4v) is 5.40. The summed E-state index contributed by atoms with van der Waals surface area (Å²) in [6.45, 7) is 3.58. The molecule has 7 heteroatoms. The third-order valence-corrected chi connectivity index (χ3v) is 7.58. The summed E-state index contributed by atoms with van der Waals surface area (Å²) < 4.78 is 16.6. The molecule has 3 aromatic rings. The Hall–Kier alpha value is -2.74. The quantitative estimate of drug-likeness (QED) is 0.267. The number of benzene rings is 2. The number of methoxy groups -OCH3 is 1. The highest BCUT2D eigenvalue weighted by Crippen LogP contribution is 2.45. The summed E-state index contributed by atoms with van der Waals surface area (Å²) in [6, 6.07) is 13.2. The zero-order valence-corrected chi connectivity index (χ0v) is 20.5. The molecule has 1 aromatic heterocycles. The lowest BCUT2D eigenvalue weighted by atomic mass is 9.70. The molecule has 2 aromatic carbocycles. The molecule has 1 fully saturated rings. The molecule has 0 aliphatic heterocycles. The van der Waals surface area contributed by atoms with Gasteiger partial charge < -0.3 is 19.3 Å². The predicted octanol–water partition coefficient (Wildman–Crippen LogP) is 6.40. The first-order valence-electron chi connectivity index (χ1n) is 11.6. The lowest BCUT2D eigenvalue weighted by Gasteiger charge is -2.35. The minimum atomic E-state index is -0.929. The zero-order chi connectivity index (χ0) is 24.0. The maximum absolute atomic E-state index is 11.1. The van der Waals surface area contributed by atoms with Gasteiger partial charge in [-0.25, -0.2) is 9.78 Å². The smallest absolute Gasteiger partial charge is 0.335 e. The fraction of sp³-hybridized carbons (Fsp3) is 0.407. The molecular formula is C27H31NO5S. The Bertz CT molecular complexity index is 1100. The first-order valence-corrected chi connectivity index (χ1v) is 12.5. The number of carboxylic acids is 1. The van der Waals surface area contributed by atoms with Gasteiger partial charge >= 0.3 is 5.97 Å². The van der Waals surface area contributed by atoms with Gasteiger partial charge in [0.15, 0.2) is 6.79 Å². The van der Waals surface area contributed by atoms with Crippen LogP contribution in [-0.2, 0) is 14.9 Å². The molecule has 1 N–H and O–H groups in total. The first-order chi connectivity index (χ1) is 16.5. The second-order valence-electron chi connectivity index (χ2n) is 8.91. The van der Waals surface area contributed by atoms with E-state index in [0.717, 1.165) is 39.6 Å². The fourth-order valence-electron chi connectivity index (χ4n) is 4.48. The normalized spacial score (nSPS) is 15.2. The third kappa shape index (κ3) is 5.66. The van der Waals surface area contributed by atoms with E-state index in [9.17, 15) is 4.79 Å². The summed E-state index contributed by atoms with van der Waals surface area (Å²) >= 11 is 1.60. The van der Waals surface area contributed by atoms with Crippen LogP contribution in [0.2, 0.25) is 0 Å². The summed E-state index contributed by atoms with van der Waals surface area (Å²) in [5.41, 5.74) is 3.58. The monoisotopic (exact) mass is 481 g/mol. The molecule has 0 bridgehead atoms. The number of thiazole rings is 1. The maximum Gasteiger partial charge on any atom is 0.335 e. The molecule has 0 saturated heterocycles. The van der Waals surface area contributed by atoms with Crippen LogP contribution in [0.5, 0.6) is 5.75 Å². The van der Waals surface area contributed by atoms with Crippen LogP contribution in [0, 0.1) is 0 Å². The van der Waals surface area contributed by atoms with Crippen molar-refractivity contribution >= 4 is 17.3 Å². The lowest BCUT2D eigenvalue weighted by Crippen LogP contribution is -2.26. The number of carboxylic acid groups (broad SMARTS) is 1. The highest BCUT2D eigenvalue weighted by atomic mass is 32.1. The molecule has 180 valence electrons. The SMILES string of the molecule is COCCOCOc1ccc(-c2cnc(-c3ccc(C(=O)O)cc3)s2)cc1C1(C)CCCCC1. The lowest BCUT2D eigenvalue weighted by molar-refractivity contribution is -0.00943. The number of rotatable bonds is 10. The van der Waals surface area contributed by atoms with E-state index in [1.165, 1.54) is 24.8 Å². The van der Waals surface area contributed by atoms with Crippen LogP contribution in [0.4, 0.5) is 0 Å². The Morgan fingerprint density at radius 1 is 1.06 bits per heavy atom. The van der Waals surface area contributed by atoms with Crippen molar-refractivity contribution in [3.05, 3.63) is 59.8 Å². The Balaban J connectivity index is 1.59. The zero-order valence-electron chi connectivity index (χ0n) is 19.7. The Labute approximate surface area is 204 Å². The number of ether oxygens (including phenoxy) is 3. The van der Waals surface area contributed by atoms with Crippen molar-refractivity contribution < 1.29 is 24.1 Å². The van der Waals surface area contributed by atoms with E-state index in [1.807, 2.05) is 12.3 Å². The molecular weight excluding hydrogens is 450 g/mol.